The standard InChI is InChI=1S/C19H27N3O/c1-14(2)11-16-5-7-17(8-6-16)12-19(23)21-18-9-10-20-22(18)13-15(3)4/h5-10,14-15H,11-13H2,1-4H3,(H,21,23). The van der Waals surface area contributed by atoms with Gasteiger partial charge in [0.25, 0.3) is 0 Å². The first-order valence-electron chi connectivity index (χ1n) is 8.33. The van der Waals surface area contributed by atoms with Crippen molar-refractivity contribution in [3.63, 3.8) is 0 Å². The molecule has 4 heteroatoms. The number of amides is 1. The average Bonchev–Trinajstić information content (AvgIpc) is 2.86. The zero-order valence-electron chi connectivity index (χ0n) is 14.5. The normalized spacial score (nSPS) is 11.2. The van der Waals surface area contributed by atoms with Crippen molar-refractivity contribution in [2.45, 2.75) is 47.1 Å². The number of aromatic nitrogens is 2. The van der Waals surface area contributed by atoms with Gasteiger partial charge in [-0.2, -0.15) is 5.10 Å². The Bertz CT molecular complexity index is 626. The lowest BCUT2D eigenvalue weighted by atomic mass is 10.0. The van der Waals surface area contributed by atoms with E-state index in [-0.39, 0.29) is 5.91 Å². The summed E-state index contributed by atoms with van der Waals surface area (Å²) in [7, 11) is 0. The van der Waals surface area contributed by atoms with Gasteiger partial charge in [0.2, 0.25) is 5.91 Å². The summed E-state index contributed by atoms with van der Waals surface area (Å²) >= 11 is 0. The molecule has 0 aliphatic carbocycles. The molecule has 4 nitrogen and oxygen atoms in total. The number of hydrogen-bond acceptors (Lipinski definition) is 2. The third kappa shape index (κ3) is 5.55. The van der Waals surface area contributed by atoms with Crippen LogP contribution in [-0.2, 0) is 24.2 Å². The molecule has 0 saturated heterocycles. The molecule has 0 saturated carbocycles. The largest absolute Gasteiger partial charge is 0.311 e. The molecule has 1 aromatic heterocycles. The lowest BCUT2D eigenvalue weighted by Crippen LogP contribution is -2.18. The van der Waals surface area contributed by atoms with Crippen molar-refractivity contribution in [2.24, 2.45) is 11.8 Å². The molecule has 2 aromatic rings. The highest BCUT2D eigenvalue weighted by molar-refractivity contribution is 5.91. The van der Waals surface area contributed by atoms with Crippen LogP contribution >= 0.6 is 0 Å². The summed E-state index contributed by atoms with van der Waals surface area (Å²) in [6, 6.07) is 10.2. The molecular weight excluding hydrogens is 286 g/mol. The van der Waals surface area contributed by atoms with E-state index >= 15 is 0 Å². The summed E-state index contributed by atoms with van der Waals surface area (Å²) in [5.41, 5.74) is 2.35. The van der Waals surface area contributed by atoms with Gasteiger partial charge < -0.3 is 5.32 Å². The van der Waals surface area contributed by atoms with Gasteiger partial charge in [0.1, 0.15) is 5.82 Å². The lowest BCUT2D eigenvalue weighted by molar-refractivity contribution is -0.115. The lowest BCUT2D eigenvalue weighted by Gasteiger charge is -2.11. The summed E-state index contributed by atoms with van der Waals surface area (Å²) in [5, 5.41) is 7.21. The van der Waals surface area contributed by atoms with Crippen LogP contribution in [0.25, 0.3) is 0 Å². The molecule has 0 spiro atoms. The number of anilines is 1. The van der Waals surface area contributed by atoms with E-state index in [1.165, 1.54) is 5.56 Å². The smallest absolute Gasteiger partial charge is 0.229 e. The van der Waals surface area contributed by atoms with E-state index in [1.54, 1.807) is 6.20 Å². The van der Waals surface area contributed by atoms with Crippen molar-refractivity contribution < 1.29 is 4.79 Å². The van der Waals surface area contributed by atoms with E-state index in [1.807, 2.05) is 22.9 Å². The van der Waals surface area contributed by atoms with Gasteiger partial charge in [-0.05, 0) is 29.4 Å². The zero-order valence-corrected chi connectivity index (χ0v) is 14.5. The Balaban J connectivity index is 1.93. The molecule has 0 atom stereocenters. The maximum Gasteiger partial charge on any atom is 0.229 e. The van der Waals surface area contributed by atoms with E-state index in [4.69, 9.17) is 0 Å². The molecule has 1 amide bonds. The molecule has 0 bridgehead atoms. The van der Waals surface area contributed by atoms with Gasteiger partial charge in [-0.3, -0.25) is 4.79 Å². The van der Waals surface area contributed by atoms with Crippen molar-refractivity contribution >= 4 is 11.7 Å². The molecule has 1 aromatic carbocycles. The Labute approximate surface area is 138 Å². The first-order valence-corrected chi connectivity index (χ1v) is 8.33. The third-order valence-electron chi connectivity index (χ3n) is 3.55. The summed E-state index contributed by atoms with van der Waals surface area (Å²) < 4.78 is 1.84. The van der Waals surface area contributed by atoms with E-state index in [0.29, 0.717) is 18.3 Å². The number of benzene rings is 1. The number of carbonyl (C=O) groups excluding carboxylic acids is 1. The van der Waals surface area contributed by atoms with Crippen LogP contribution in [0.4, 0.5) is 5.82 Å². The number of nitrogens with zero attached hydrogens (tertiary/aromatic N) is 2. The van der Waals surface area contributed by atoms with Gasteiger partial charge in [0.05, 0.1) is 12.6 Å². The minimum atomic E-state index is -0.00730. The molecule has 0 aliphatic rings. The first kappa shape index (κ1) is 17.3. The molecule has 0 unspecified atom stereocenters. The summed E-state index contributed by atoms with van der Waals surface area (Å²) in [6.07, 6.45) is 3.17. The second kappa shape index (κ2) is 7.95. The molecule has 0 fully saturated rings. The van der Waals surface area contributed by atoms with Crippen LogP contribution in [0, 0.1) is 11.8 Å². The Kier molecular flexibility index (Phi) is 5.97. The molecule has 124 valence electrons. The SMILES string of the molecule is CC(C)Cc1ccc(CC(=O)Nc2ccnn2CC(C)C)cc1. The Hall–Kier alpha value is -2.10. The Morgan fingerprint density at radius 2 is 1.70 bits per heavy atom. The highest BCUT2D eigenvalue weighted by Gasteiger charge is 2.09. The number of nitrogens with one attached hydrogen (secondary N) is 1. The summed E-state index contributed by atoms with van der Waals surface area (Å²) in [4.78, 5) is 12.2. The molecule has 0 aliphatic heterocycles. The summed E-state index contributed by atoms with van der Waals surface area (Å²) in [6.45, 7) is 9.48. The van der Waals surface area contributed by atoms with Crippen LogP contribution < -0.4 is 5.32 Å². The Morgan fingerprint density at radius 3 is 2.30 bits per heavy atom. The number of hydrogen-bond donors (Lipinski definition) is 1. The molecule has 0 radical (unpaired) electrons. The van der Waals surface area contributed by atoms with E-state index in [9.17, 15) is 4.79 Å². The second-order valence-electron chi connectivity index (χ2n) is 6.93. The van der Waals surface area contributed by atoms with Crippen LogP contribution in [0.1, 0.15) is 38.8 Å². The van der Waals surface area contributed by atoms with Gasteiger partial charge in [-0.15, -0.1) is 0 Å². The zero-order chi connectivity index (χ0) is 16.8. The van der Waals surface area contributed by atoms with Crippen molar-refractivity contribution in [1.29, 1.82) is 0 Å². The Morgan fingerprint density at radius 1 is 1.04 bits per heavy atom. The van der Waals surface area contributed by atoms with E-state index < -0.39 is 0 Å². The predicted octanol–water partition coefficient (Wildman–Crippen LogP) is 3.92. The minimum absolute atomic E-state index is 0.00730. The average molecular weight is 313 g/mol. The fourth-order valence-electron chi connectivity index (χ4n) is 2.57. The van der Waals surface area contributed by atoms with E-state index in [0.717, 1.165) is 24.3 Å². The van der Waals surface area contributed by atoms with Gasteiger partial charge >= 0.3 is 0 Å². The topological polar surface area (TPSA) is 46.9 Å². The van der Waals surface area contributed by atoms with Crippen molar-refractivity contribution in [3.8, 4) is 0 Å². The molecule has 1 N–H and O–H groups in total. The maximum absolute atomic E-state index is 12.2. The van der Waals surface area contributed by atoms with Crippen molar-refractivity contribution in [2.75, 3.05) is 5.32 Å². The summed E-state index contributed by atoms with van der Waals surface area (Å²) in [5.74, 6) is 1.89. The molecule has 1 heterocycles. The third-order valence-corrected chi connectivity index (χ3v) is 3.55. The van der Waals surface area contributed by atoms with Crippen molar-refractivity contribution in [3.05, 3.63) is 47.7 Å². The fourth-order valence-corrected chi connectivity index (χ4v) is 2.57. The van der Waals surface area contributed by atoms with Gasteiger partial charge in [-0.25, -0.2) is 4.68 Å². The highest BCUT2D eigenvalue weighted by atomic mass is 16.1. The fraction of sp³-hybridized carbons (Fsp3) is 0.474. The second-order valence-corrected chi connectivity index (χ2v) is 6.93. The van der Waals surface area contributed by atoms with Gasteiger partial charge in [0, 0.05) is 12.6 Å². The van der Waals surface area contributed by atoms with Crippen LogP contribution in [0.3, 0.4) is 0 Å². The molecular formula is C19H27N3O. The molecule has 23 heavy (non-hydrogen) atoms. The van der Waals surface area contributed by atoms with Gasteiger partial charge in [-0.1, -0.05) is 52.0 Å². The van der Waals surface area contributed by atoms with E-state index in [2.05, 4.69) is 50.2 Å². The monoisotopic (exact) mass is 313 g/mol. The number of carbonyl (C=O) groups is 1. The molecule has 2 rings (SSSR count). The van der Waals surface area contributed by atoms with Crippen LogP contribution in [0.15, 0.2) is 36.5 Å². The minimum Gasteiger partial charge on any atom is -0.311 e. The van der Waals surface area contributed by atoms with Crippen molar-refractivity contribution in [1.82, 2.24) is 9.78 Å². The predicted molar refractivity (Wildman–Crippen MR) is 94.4 cm³/mol. The van der Waals surface area contributed by atoms with Gasteiger partial charge in [0.15, 0.2) is 0 Å². The quantitative estimate of drug-likeness (QED) is 0.842. The van der Waals surface area contributed by atoms with Crippen LogP contribution in [-0.4, -0.2) is 15.7 Å². The maximum atomic E-state index is 12.2. The number of rotatable bonds is 7. The van der Waals surface area contributed by atoms with Crippen LogP contribution in [0.5, 0.6) is 0 Å². The highest BCUT2D eigenvalue weighted by Crippen LogP contribution is 2.12. The first-order chi connectivity index (χ1) is 10.9. The van der Waals surface area contributed by atoms with Crippen LogP contribution in [0.2, 0.25) is 0 Å².